The van der Waals surface area contributed by atoms with Crippen LogP contribution in [0.25, 0.3) is 22.0 Å². The van der Waals surface area contributed by atoms with Crippen molar-refractivity contribution < 1.29 is 19.4 Å². The molecule has 198 valence electrons. The van der Waals surface area contributed by atoms with Crippen LogP contribution < -0.4 is 15.4 Å². The predicted octanol–water partition coefficient (Wildman–Crippen LogP) is 4.98. The molecule has 0 fully saturated rings. The van der Waals surface area contributed by atoms with Crippen molar-refractivity contribution in [1.82, 2.24) is 15.2 Å². The van der Waals surface area contributed by atoms with Gasteiger partial charge >= 0.3 is 0 Å². The SMILES string of the molecule is CCCOc1ccc(-c2ccc(C(=O)NC)c(Cl)c2)cc1C(=O)N[C@@H](CO)Cc1cn(C)c2ccccc12. The van der Waals surface area contributed by atoms with Crippen molar-refractivity contribution in [1.29, 1.82) is 0 Å². The van der Waals surface area contributed by atoms with Gasteiger partial charge in [0.2, 0.25) is 0 Å². The Morgan fingerprint density at radius 2 is 1.76 bits per heavy atom. The Labute approximate surface area is 227 Å². The fourth-order valence-corrected chi connectivity index (χ4v) is 4.78. The Morgan fingerprint density at radius 3 is 2.47 bits per heavy atom. The maximum absolute atomic E-state index is 13.5. The molecular weight excluding hydrogens is 502 g/mol. The van der Waals surface area contributed by atoms with Gasteiger partial charge in [0, 0.05) is 31.2 Å². The summed E-state index contributed by atoms with van der Waals surface area (Å²) in [6.07, 6.45) is 3.30. The lowest BCUT2D eigenvalue weighted by molar-refractivity contribution is 0.0911. The van der Waals surface area contributed by atoms with Gasteiger partial charge in [-0.3, -0.25) is 9.59 Å². The minimum absolute atomic E-state index is 0.212. The minimum atomic E-state index is -0.489. The number of amides is 2. The number of aromatic nitrogens is 1. The first-order chi connectivity index (χ1) is 18.4. The number of aliphatic hydroxyl groups excluding tert-OH is 1. The molecule has 1 aromatic heterocycles. The summed E-state index contributed by atoms with van der Waals surface area (Å²) in [5.41, 5.74) is 4.38. The Kier molecular flexibility index (Phi) is 8.71. The lowest BCUT2D eigenvalue weighted by Crippen LogP contribution is -2.39. The van der Waals surface area contributed by atoms with E-state index in [9.17, 15) is 14.7 Å². The average Bonchev–Trinajstić information content (AvgIpc) is 3.25. The molecule has 0 radical (unpaired) electrons. The summed E-state index contributed by atoms with van der Waals surface area (Å²) in [4.78, 5) is 25.5. The number of ether oxygens (including phenoxy) is 1. The molecule has 0 aliphatic rings. The number of aliphatic hydroxyl groups is 1. The third-order valence-corrected chi connectivity index (χ3v) is 6.77. The van der Waals surface area contributed by atoms with Crippen molar-refractivity contribution in [3.8, 4) is 16.9 Å². The standard InChI is InChI=1S/C30H32ClN3O4/c1-4-13-38-28-12-10-19(20-9-11-24(26(31)16-20)29(36)32-2)15-25(28)30(37)33-22(18-35)14-21-17-34(3)27-8-6-5-7-23(21)27/h5-12,15-17,22,35H,4,13-14,18H2,1-3H3,(H,32,36)(H,33,37)/t22-/m1/s1. The van der Waals surface area contributed by atoms with Crippen LogP contribution >= 0.6 is 11.6 Å². The van der Waals surface area contributed by atoms with Gasteiger partial charge in [0.15, 0.2) is 0 Å². The second kappa shape index (κ2) is 12.2. The van der Waals surface area contributed by atoms with Crippen molar-refractivity contribution >= 4 is 34.3 Å². The second-order valence-electron chi connectivity index (χ2n) is 9.17. The number of aryl methyl sites for hydroxylation is 1. The third kappa shape index (κ3) is 5.85. The highest BCUT2D eigenvalue weighted by Gasteiger charge is 2.20. The summed E-state index contributed by atoms with van der Waals surface area (Å²) < 4.78 is 7.92. The first kappa shape index (κ1) is 27.2. The summed E-state index contributed by atoms with van der Waals surface area (Å²) >= 11 is 6.37. The summed E-state index contributed by atoms with van der Waals surface area (Å²) in [5.74, 6) is -0.153. The van der Waals surface area contributed by atoms with Crippen LogP contribution in [0.5, 0.6) is 5.75 Å². The molecule has 0 aliphatic heterocycles. The van der Waals surface area contributed by atoms with E-state index < -0.39 is 6.04 Å². The molecule has 2 amide bonds. The first-order valence-electron chi connectivity index (χ1n) is 12.6. The molecule has 1 atom stereocenters. The number of fused-ring (bicyclic) bond motifs is 1. The fraction of sp³-hybridized carbons (Fsp3) is 0.267. The Bertz CT molecular complexity index is 1460. The molecule has 7 nitrogen and oxygen atoms in total. The van der Waals surface area contributed by atoms with Gasteiger partial charge in [-0.1, -0.05) is 48.9 Å². The zero-order valence-electron chi connectivity index (χ0n) is 21.8. The van der Waals surface area contributed by atoms with E-state index in [0.29, 0.717) is 34.9 Å². The molecule has 0 aliphatic carbocycles. The molecule has 1 heterocycles. The minimum Gasteiger partial charge on any atom is -0.493 e. The Balaban J connectivity index is 1.62. The highest BCUT2D eigenvalue weighted by molar-refractivity contribution is 6.34. The van der Waals surface area contributed by atoms with E-state index in [4.69, 9.17) is 16.3 Å². The number of nitrogens with one attached hydrogen (secondary N) is 2. The number of benzene rings is 3. The monoisotopic (exact) mass is 533 g/mol. The van der Waals surface area contributed by atoms with Crippen molar-refractivity contribution in [2.75, 3.05) is 20.3 Å². The molecule has 8 heteroatoms. The second-order valence-corrected chi connectivity index (χ2v) is 9.58. The van der Waals surface area contributed by atoms with Gasteiger partial charge in [-0.15, -0.1) is 0 Å². The van der Waals surface area contributed by atoms with E-state index in [1.807, 2.05) is 55.1 Å². The molecule has 0 saturated heterocycles. The third-order valence-electron chi connectivity index (χ3n) is 6.46. The molecule has 38 heavy (non-hydrogen) atoms. The molecule has 0 spiro atoms. The predicted molar refractivity (Wildman–Crippen MR) is 151 cm³/mol. The van der Waals surface area contributed by atoms with Crippen molar-refractivity contribution in [2.45, 2.75) is 25.8 Å². The number of halogens is 1. The molecule has 3 N–H and O–H groups in total. The normalized spacial score (nSPS) is 11.8. The van der Waals surface area contributed by atoms with Crippen molar-refractivity contribution in [3.05, 3.63) is 88.6 Å². The fourth-order valence-electron chi connectivity index (χ4n) is 4.52. The maximum atomic E-state index is 13.5. The van der Waals surface area contributed by atoms with Crippen LogP contribution in [0, 0.1) is 0 Å². The van der Waals surface area contributed by atoms with Gasteiger partial charge in [0.25, 0.3) is 11.8 Å². The molecule has 0 saturated carbocycles. The highest BCUT2D eigenvalue weighted by atomic mass is 35.5. The van der Waals surface area contributed by atoms with Crippen molar-refractivity contribution in [3.63, 3.8) is 0 Å². The Morgan fingerprint density at radius 1 is 1.03 bits per heavy atom. The van der Waals surface area contributed by atoms with Crippen LogP contribution in [0.1, 0.15) is 39.6 Å². The summed E-state index contributed by atoms with van der Waals surface area (Å²) in [6.45, 7) is 2.25. The average molecular weight is 534 g/mol. The van der Waals surface area contributed by atoms with E-state index in [0.717, 1.165) is 34.0 Å². The lowest BCUT2D eigenvalue weighted by atomic mass is 10.00. The maximum Gasteiger partial charge on any atom is 0.255 e. The van der Waals surface area contributed by atoms with Gasteiger partial charge in [0.1, 0.15) is 5.75 Å². The van der Waals surface area contributed by atoms with E-state index in [1.54, 1.807) is 37.4 Å². The molecule has 3 aromatic carbocycles. The van der Waals surface area contributed by atoms with Crippen LogP contribution in [-0.2, 0) is 13.5 Å². The van der Waals surface area contributed by atoms with Gasteiger partial charge in [-0.05, 0) is 59.9 Å². The van der Waals surface area contributed by atoms with Crippen LogP contribution in [0.4, 0.5) is 0 Å². The quantitative estimate of drug-likeness (QED) is 0.268. The van der Waals surface area contributed by atoms with Crippen molar-refractivity contribution in [2.24, 2.45) is 7.05 Å². The van der Waals surface area contributed by atoms with Gasteiger partial charge < -0.3 is 25.0 Å². The van der Waals surface area contributed by atoms with Crippen LogP contribution in [0.2, 0.25) is 5.02 Å². The molecule has 0 unspecified atom stereocenters. The number of carbonyl (C=O) groups excluding carboxylic acids is 2. The largest absolute Gasteiger partial charge is 0.493 e. The number of nitrogens with zero attached hydrogens (tertiary/aromatic N) is 1. The number of carbonyl (C=O) groups is 2. The van der Waals surface area contributed by atoms with E-state index in [2.05, 4.69) is 10.6 Å². The number of para-hydroxylation sites is 1. The van der Waals surface area contributed by atoms with Crippen LogP contribution in [0.3, 0.4) is 0 Å². The Hall–Kier alpha value is -3.81. The molecule has 0 bridgehead atoms. The number of hydrogen-bond donors (Lipinski definition) is 3. The van der Waals surface area contributed by atoms with Gasteiger partial charge in [-0.2, -0.15) is 0 Å². The summed E-state index contributed by atoms with van der Waals surface area (Å²) in [7, 11) is 3.53. The number of rotatable bonds is 10. The zero-order chi connectivity index (χ0) is 27.2. The molecule has 4 aromatic rings. The zero-order valence-corrected chi connectivity index (χ0v) is 22.5. The highest BCUT2D eigenvalue weighted by Crippen LogP contribution is 2.30. The van der Waals surface area contributed by atoms with Gasteiger partial charge in [0.05, 0.1) is 35.4 Å². The topological polar surface area (TPSA) is 92.6 Å². The summed E-state index contributed by atoms with van der Waals surface area (Å²) in [6, 6.07) is 18.1. The van der Waals surface area contributed by atoms with E-state index in [-0.39, 0.29) is 18.4 Å². The van der Waals surface area contributed by atoms with Crippen LogP contribution in [0.15, 0.2) is 66.9 Å². The van der Waals surface area contributed by atoms with E-state index >= 15 is 0 Å². The molecule has 4 rings (SSSR count). The van der Waals surface area contributed by atoms with E-state index in [1.165, 1.54) is 0 Å². The van der Waals surface area contributed by atoms with Crippen LogP contribution in [-0.4, -0.2) is 47.8 Å². The van der Waals surface area contributed by atoms with Gasteiger partial charge in [-0.25, -0.2) is 0 Å². The molecular formula is C30H32ClN3O4. The first-order valence-corrected chi connectivity index (χ1v) is 13.0. The number of hydrogen-bond acceptors (Lipinski definition) is 4. The summed E-state index contributed by atoms with van der Waals surface area (Å²) in [5, 5.41) is 17.1. The smallest absolute Gasteiger partial charge is 0.255 e. The lowest BCUT2D eigenvalue weighted by Gasteiger charge is -2.18.